The van der Waals surface area contributed by atoms with Gasteiger partial charge in [-0.2, -0.15) is 0 Å². The van der Waals surface area contributed by atoms with Crippen molar-refractivity contribution in [2.75, 3.05) is 52.9 Å². The standard InChI is InChI=1S/C52H88N2O41/c1-11(62)53-21-29(70)39(90-48-35(76)31(72)23(64)13(3-55)83-48)18(8-60)88-46(21)94-43-33(74)25(66)15(5-57)86-51(43)81-10-20-28(69)41(37(78)45(80)82-20)93-52-44(34(75)26(67)16(6-58)87-52)95-47-22(54-12(2)63)30(71)40(19(9-61)89-47)91-50-38(79)42(27(68)17(7-59)85-50)92-49-36(77)32(73)24(65)14(4-56)84-49/h13-52,55-61,64-80H,3-10H2,1-2H3,(H,53,62)(H,54,63)/t13-,14-,15-,16-,17-,18-,19-,20-,21-,22-,23+,24+,25-,26-,27+,28-,29-,30-,31+,32+,33+,34+,35-,36-,37+,38-,39-,40-,41+,42+,43+,44+,45?,46+,47+,48+,49-,50+,51+,52-/m1/s1. The van der Waals surface area contributed by atoms with E-state index in [9.17, 15) is 132 Å². The van der Waals surface area contributed by atoms with Crippen molar-refractivity contribution in [1.82, 2.24) is 10.6 Å². The lowest BCUT2D eigenvalue weighted by molar-refractivity contribution is -0.393. The van der Waals surface area contributed by atoms with Gasteiger partial charge in [0.2, 0.25) is 11.8 Å². The van der Waals surface area contributed by atoms with E-state index in [2.05, 4.69) is 10.6 Å². The summed E-state index contributed by atoms with van der Waals surface area (Å²) < 4.78 is 86.1. The molecule has 0 radical (unpaired) electrons. The molecule has 0 aliphatic carbocycles. The lowest BCUT2D eigenvalue weighted by Gasteiger charge is -2.50. The average Bonchev–Trinajstić information content (AvgIpc) is 0.782. The van der Waals surface area contributed by atoms with Crippen molar-refractivity contribution in [2.45, 2.75) is 259 Å². The molecule has 0 aromatic rings. The molecule has 95 heavy (non-hydrogen) atoms. The number of rotatable bonds is 24. The molecule has 8 saturated heterocycles. The summed E-state index contributed by atoms with van der Waals surface area (Å²) in [6, 6.07) is -3.71. The largest absolute Gasteiger partial charge is 0.394 e. The molecule has 552 valence electrons. The molecule has 26 N–H and O–H groups in total. The van der Waals surface area contributed by atoms with E-state index in [4.69, 9.17) is 71.1 Å². The van der Waals surface area contributed by atoms with Gasteiger partial charge in [0.1, 0.15) is 195 Å². The van der Waals surface area contributed by atoms with Gasteiger partial charge in [-0.3, -0.25) is 9.59 Å². The molecule has 0 saturated carbocycles. The van der Waals surface area contributed by atoms with Crippen molar-refractivity contribution < 1.29 is 203 Å². The third-order valence-corrected chi connectivity index (χ3v) is 17.4. The zero-order chi connectivity index (χ0) is 69.9. The topological polar surface area (TPSA) is 682 Å². The number of hydrogen-bond acceptors (Lipinski definition) is 41. The SMILES string of the molecule is CC(=O)N[C@H]1[C@H](O[C@@H]2[C@@H](OC[C@H]3OC(O)[C@@H](O)[C@@H](O[C@H]4O[C@H](CO)[C@@H](O)[C@H](O)[C@@H]4O[C@@H]4O[C@H](CO)[C@@H](O[C@@H]5O[C@H](CO)[C@H](O)[C@H](O[C@H]6O[C@H](CO)[C@H](O)[C@H](O)[C@H]6O)[C@H]5O)[C@H](O)[C@H]4NC(C)=O)[C@@H]3O)O[C@H](CO)[C@@H](O)[C@@H]2O)O[C@H](CO)[C@@H](O[C@@H]2O[C@H](CO)[C@H](O)[C@H](O)[C@H]2O)[C@@H]1O. The Morgan fingerprint density at radius 2 is 0.568 bits per heavy atom. The van der Waals surface area contributed by atoms with Gasteiger partial charge in [0.25, 0.3) is 0 Å². The predicted molar refractivity (Wildman–Crippen MR) is 288 cm³/mol. The zero-order valence-electron chi connectivity index (χ0n) is 50.4. The Hall–Kier alpha value is -2.62. The fourth-order valence-corrected chi connectivity index (χ4v) is 12.1. The van der Waals surface area contributed by atoms with Gasteiger partial charge in [0, 0.05) is 13.8 Å². The molecular weight excluding hydrogens is 1310 g/mol. The Labute approximate surface area is 536 Å². The van der Waals surface area contributed by atoms with E-state index in [-0.39, 0.29) is 0 Å². The highest BCUT2D eigenvalue weighted by Crippen LogP contribution is 2.38. The lowest BCUT2D eigenvalue weighted by atomic mass is 9.94. The van der Waals surface area contributed by atoms with Crippen LogP contribution in [-0.4, -0.2) is 433 Å². The number of amides is 2. The molecule has 0 aromatic heterocycles. The molecule has 40 atom stereocenters. The number of hydrogen-bond donors (Lipinski definition) is 26. The Bertz CT molecular complexity index is 2380. The van der Waals surface area contributed by atoms with Gasteiger partial charge >= 0.3 is 0 Å². The van der Waals surface area contributed by atoms with E-state index in [0.29, 0.717) is 0 Å². The molecule has 0 aromatic carbocycles. The Kier molecular flexibility index (Phi) is 27.9. The first-order chi connectivity index (χ1) is 45.0. The maximum absolute atomic E-state index is 12.8. The second-order valence-corrected chi connectivity index (χ2v) is 23.9. The average molecular weight is 1400 g/mol. The minimum Gasteiger partial charge on any atom is -0.394 e. The van der Waals surface area contributed by atoms with Crippen LogP contribution in [0.5, 0.6) is 0 Å². The van der Waals surface area contributed by atoms with Crippen molar-refractivity contribution in [3.05, 3.63) is 0 Å². The zero-order valence-corrected chi connectivity index (χ0v) is 50.4. The molecular formula is C52H88N2O41. The number of carbonyl (C=O) groups is 2. The molecule has 8 fully saturated rings. The van der Waals surface area contributed by atoms with Gasteiger partial charge in [-0.1, -0.05) is 0 Å². The molecule has 2 amide bonds. The maximum atomic E-state index is 12.8. The summed E-state index contributed by atoms with van der Waals surface area (Å²) in [5.74, 6) is -1.80. The van der Waals surface area contributed by atoms with Crippen LogP contribution in [-0.2, 0) is 80.6 Å². The second-order valence-electron chi connectivity index (χ2n) is 23.9. The van der Waals surface area contributed by atoms with E-state index in [1.807, 2.05) is 0 Å². The van der Waals surface area contributed by atoms with Gasteiger partial charge < -0.3 is 204 Å². The van der Waals surface area contributed by atoms with E-state index in [1.54, 1.807) is 0 Å². The number of aliphatic hydroxyl groups is 24. The van der Waals surface area contributed by atoms with Crippen LogP contribution in [0.2, 0.25) is 0 Å². The third-order valence-electron chi connectivity index (χ3n) is 17.4. The fourth-order valence-electron chi connectivity index (χ4n) is 12.1. The molecule has 8 aliphatic rings. The Balaban J connectivity index is 0.988. The van der Waals surface area contributed by atoms with Crippen molar-refractivity contribution in [2.24, 2.45) is 0 Å². The lowest BCUT2D eigenvalue weighted by Crippen LogP contribution is -2.70. The third kappa shape index (κ3) is 16.8. The van der Waals surface area contributed by atoms with Gasteiger partial charge in [-0.15, -0.1) is 0 Å². The van der Waals surface area contributed by atoms with Crippen molar-refractivity contribution in [3.63, 3.8) is 0 Å². The highest BCUT2D eigenvalue weighted by molar-refractivity contribution is 5.73. The van der Waals surface area contributed by atoms with E-state index < -0.39 is 310 Å². The summed E-state index contributed by atoms with van der Waals surface area (Å²) >= 11 is 0. The number of nitrogens with one attached hydrogen (secondary N) is 2. The minimum absolute atomic E-state index is 0.867. The molecule has 8 rings (SSSR count). The Morgan fingerprint density at radius 1 is 0.274 bits per heavy atom. The second kappa shape index (κ2) is 33.9. The molecule has 8 aliphatic heterocycles. The quantitative estimate of drug-likeness (QED) is 0.0427. The first-order valence-electron chi connectivity index (χ1n) is 30.1. The van der Waals surface area contributed by atoms with Gasteiger partial charge in [-0.25, -0.2) is 0 Å². The molecule has 43 heteroatoms. The molecule has 0 spiro atoms. The van der Waals surface area contributed by atoms with Crippen LogP contribution in [0.4, 0.5) is 0 Å². The summed E-state index contributed by atoms with van der Waals surface area (Å²) in [6.07, 6.45) is -75.9. The maximum Gasteiger partial charge on any atom is 0.217 e. The predicted octanol–water partition coefficient (Wildman–Crippen LogP) is -18.2. The van der Waals surface area contributed by atoms with Crippen LogP contribution in [0.3, 0.4) is 0 Å². The first-order valence-corrected chi connectivity index (χ1v) is 30.1. The minimum atomic E-state index is -2.36. The summed E-state index contributed by atoms with van der Waals surface area (Å²) in [6.45, 7) is -6.17. The molecule has 8 heterocycles. The van der Waals surface area contributed by atoms with E-state index in [1.165, 1.54) is 0 Å². The Morgan fingerprint density at radius 3 is 0.968 bits per heavy atom. The molecule has 0 bridgehead atoms. The molecule has 43 nitrogen and oxygen atoms in total. The highest BCUT2D eigenvalue weighted by Gasteiger charge is 2.60. The smallest absolute Gasteiger partial charge is 0.217 e. The van der Waals surface area contributed by atoms with Crippen LogP contribution in [0.15, 0.2) is 0 Å². The number of ether oxygens (including phenoxy) is 15. The number of carbonyl (C=O) groups excluding carboxylic acids is 2. The normalized spacial score (nSPS) is 50.8. The van der Waals surface area contributed by atoms with Gasteiger partial charge in [0.15, 0.2) is 50.3 Å². The first kappa shape index (κ1) is 78.1. The monoisotopic (exact) mass is 1400 g/mol. The summed E-state index contributed by atoms with van der Waals surface area (Å²) in [7, 11) is 0. The van der Waals surface area contributed by atoms with E-state index >= 15 is 0 Å². The van der Waals surface area contributed by atoms with Crippen LogP contribution < -0.4 is 10.6 Å². The highest BCUT2D eigenvalue weighted by atomic mass is 16.8. The number of aliphatic hydroxyl groups excluding tert-OH is 24. The van der Waals surface area contributed by atoms with Crippen molar-refractivity contribution in [3.8, 4) is 0 Å². The molecule has 1 unspecified atom stereocenters. The summed E-state index contributed by atoms with van der Waals surface area (Å²) in [5, 5.41) is 264. The van der Waals surface area contributed by atoms with Gasteiger partial charge in [-0.05, 0) is 0 Å². The van der Waals surface area contributed by atoms with Crippen LogP contribution >= 0.6 is 0 Å². The van der Waals surface area contributed by atoms with Crippen LogP contribution in [0.1, 0.15) is 13.8 Å². The van der Waals surface area contributed by atoms with Crippen LogP contribution in [0, 0.1) is 0 Å². The van der Waals surface area contributed by atoms with Crippen molar-refractivity contribution in [1.29, 1.82) is 0 Å². The fraction of sp³-hybridized carbons (Fsp3) is 0.962. The van der Waals surface area contributed by atoms with E-state index in [0.717, 1.165) is 13.8 Å². The summed E-state index contributed by atoms with van der Waals surface area (Å²) in [5.41, 5.74) is 0. The van der Waals surface area contributed by atoms with Gasteiger partial charge in [0.05, 0.1) is 52.9 Å². The summed E-state index contributed by atoms with van der Waals surface area (Å²) in [4.78, 5) is 25.4. The van der Waals surface area contributed by atoms with Crippen molar-refractivity contribution >= 4 is 11.8 Å². The van der Waals surface area contributed by atoms with Crippen LogP contribution in [0.25, 0.3) is 0 Å².